The summed E-state index contributed by atoms with van der Waals surface area (Å²) in [6.07, 6.45) is 1.65. The van der Waals surface area contributed by atoms with Crippen LogP contribution in [0.5, 0.6) is 5.75 Å². The van der Waals surface area contributed by atoms with E-state index in [4.69, 9.17) is 9.84 Å². The van der Waals surface area contributed by atoms with Gasteiger partial charge in [0, 0.05) is 31.3 Å². The Labute approximate surface area is 123 Å². The van der Waals surface area contributed by atoms with Gasteiger partial charge in [-0.3, -0.25) is 4.79 Å². The first-order chi connectivity index (χ1) is 10.1. The second-order valence-electron chi connectivity index (χ2n) is 5.20. The molecule has 0 saturated carbocycles. The van der Waals surface area contributed by atoms with Crippen LogP contribution in [-0.4, -0.2) is 42.2 Å². The van der Waals surface area contributed by atoms with Crippen molar-refractivity contribution in [2.24, 2.45) is 5.92 Å². The maximum atomic E-state index is 12.2. The number of carbonyl (C=O) groups excluding carboxylic acids is 1. The fourth-order valence-electron chi connectivity index (χ4n) is 2.48. The van der Waals surface area contributed by atoms with E-state index in [1.807, 2.05) is 12.1 Å². The van der Waals surface area contributed by atoms with Crippen LogP contribution in [0.15, 0.2) is 24.3 Å². The zero-order valence-electron chi connectivity index (χ0n) is 12.0. The van der Waals surface area contributed by atoms with Crippen LogP contribution in [0.25, 0.3) is 0 Å². The average Bonchev–Trinajstić information content (AvgIpc) is 2.94. The number of benzene rings is 1. The van der Waals surface area contributed by atoms with Crippen molar-refractivity contribution in [1.29, 1.82) is 0 Å². The predicted molar refractivity (Wildman–Crippen MR) is 78.6 cm³/mol. The van der Waals surface area contributed by atoms with Crippen molar-refractivity contribution in [2.45, 2.75) is 19.3 Å². The topological polar surface area (TPSA) is 78.9 Å². The van der Waals surface area contributed by atoms with Crippen molar-refractivity contribution in [3.8, 4) is 5.75 Å². The molecule has 1 fully saturated rings. The van der Waals surface area contributed by atoms with Gasteiger partial charge in [0.2, 0.25) is 0 Å². The SMILES string of the molecule is COc1cccc(NC(=O)N2CCC(CCC(=O)O)C2)c1. The summed E-state index contributed by atoms with van der Waals surface area (Å²) >= 11 is 0. The fourth-order valence-corrected chi connectivity index (χ4v) is 2.48. The monoisotopic (exact) mass is 292 g/mol. The lowest BCUT2D eigenvalue weighted by Gasteiger charge is -2.17. The molecule has 1 aromatic carbocycles. The number of hydrogen-bond acceptors (Lipinski definition) is 3. The Morgan fingerprint density at radius 3 is 3.00 bits per heavy atom. The summed E-state index contributed by atoms with van der Waals surface area (Å²) in [6, 6.07) is 7.04. The number of rotatable bonds is 5. The zero-order chi connectivity index (χ0) is 15.2. The zero-order valence-corrected chi connectivity index (χ0v) is 12.0. The number of amides is 2. The van der Waals surface area contributed by atoms with Crippen LogP contribution >= 0.6 is 0 Å². The van der Waals surface area contributed by atoms with Crippen molar-refractivity contribution in [3.05, 3.63) is 24.3 Å². The first-order valence-electron chi connectivity index (χ1n) is 7.00. The smallest absolute Gasteiger partial charge is 0.321 e. The number of methoxy groups -OCH3 is 1. The number of urea groups is 1. The van der Waals surface area contributed by atoms with Crippen molar-refractivity contribution in [3.63, 3.8) is 0 Å². The lowest BCUT2D eigenvalue weighted by molar-refractivity contribution is -0.137. The van der Waals surface area contributed by atoms with Gasteiger partial charge < -0.3 is 20.1 Å². The number of nitrogens with one attached hydrogen (secondary N) is 1. The van der Waals surface area contributed by atoms with E-state index in [2.05, 4.69) is 5.32 Å². The van der Waals surface area contributed by atoms with E-state index in [-0.39, 0.29) is 18.4 Å². The van der Waals surface area contributed by atoms with Crippen LogP contribution in [0, 0.1) is 5.92 Å². The molecule has 6 nitrogen and oxygen atoms in total. The highest BCUT2D eigenvalue weighted by Crippen LogP contribution is 2.22. The molecule has 1 heterocycles. The van der Waals surface area contributed by atoms with Gasteiger partial charge in [-0.15, -0.1) is 0 Å². The molecule has 2 rings (SSSR count). The number of carboxylic acids is 1. The van der Waals surface area contributed by atoms with E-state index in [0.717, 1.165) is 6.42 Å². The number of ether oxygens (including phenoxy) is 1. The van der Waals surface area contributed by atoms with E-state index in [9.17, 15) is 9.59 Å². The van der Waals surface area contributed by atoms with E-state index in [1.54, 1.807) is 24.1 Å². The standard InChI is InChI=1S/C15H20N2O4/c1-21-13-4-2-3-12(9-13)16-15(20)17-8-7-11(10-17)5-6-14(18)19/h2-4,9,11H,5-8,10H2,1H3,(H,16,20)(H,18,19). The fraction of sp³-hybridized carbons (Fsp3) is 0.467. The van der Waals surface area contributed by atoms with Crippen molar-refractivity contribution >= 4 is 17.7 Å². The van der Waals surface area contributed by atoms with Gasteiger partial charge in [0.15, 0.2) is 0 Å². The molecule has 2 amide bonds. The molecule has 2 N–H and O–H groups in total. The molecular formula is C15H20N2O4. The van der Waals surface area contributed by atoms with Crippen molar-refractivity contribution in [2.75, 3.05) is 25.5 Å². The molecule has 1 unspecified atom stereocenters. The number of anilines is 1. The Kier molecular flexibility index (Phi) is 5.03. The third kappa shape index (κ3) is 4.37. The minimum absolute atomic E-state index is 0.152. The van der Waals surface area contributed by atoms with Crippen molar-refractivity contribution < 1.29 is 19.4 Å². The first-order valence-corrected chi connectivity index (χ1v) is 7.00. The lowest BCUT2D eigenvalue weighted by atomic mass is 10.0. The van der Waals surface area contributed by atoms with Gasteiger partial charge in [-0.05, 0) is 30.9 Å². The number of likely N-dealkylation sites (tertiary alicyclic amines) is 1. The maximum absolute atomic E-state index is 12.2. The normalized spacial score (nSPS) is 17.6. The minimum Gasteiger partial charge on any atom is -0.497 e. The summed E-state index contributed by atoms with van der Waals surface area (Å²) < 4.78 is 5.11. The molecular weight excluding hydrogens is 272 g/mol. The first kappa shape index (κ1) is 15.2. The quantitative estimate of drug-likeness (QED) is 0.873. The molecule has 0 aliphatic carbocycles. The van der Waals surface area contributed by atoms with E-state index < -0.39 is 5.97 Å². The van der Waals surface area contributed by atoms with Gasteiger partial charge in [0.05, 0.1) is 7.11 Å². The molecule has 0 spiro atoms. The number of nitrogens with zero attached hydrogens (tertiary/aromatic N) is 1. The van der Waals surface area contributed by atoms with E-state index >= 15 is 0 Å². The summed E-state index contributed by atoms with van der Waals surface area (Å²) in [5.74, 6) is 0.181. The van der Waals surface area contributed by atoms with E-state index in [0.29, 0.717) is 30.9 Å². The molecule has 1 atom stereocenters. The Bertz CT molecular complexity index is 518. The second-order valence-corrected chi connectivity index (χ2v) is 5.20. The minimum atomic E-state index is -0.783. The molecule has 1 aliphatic heterocycles. The van der Waals surface area contributed by atoms with Crippen LogP contribution in [0.4, 0.5) is 10.5 Å². The van der Waals surface area contributed by atoms with Crippen LogP contribution in [0.2, 0.25) is 0 Å². The number of aliphatic carboxylic acids is 1. The van der Waals surface area contributed by atoms with Gasteiger partial charge >= 0.3 is 12.0 Å². The van der Waals surface area contributed by atoms with Gasteiger partial charge in [-0.25, -0.2) is 4.79 Å². The van der Waals surface area contributed by atoms with Gasteiger partial charge in [0.1, 0.15) is 5.75 Å². The van der Waals surface area contributed by atoms with Crippen molar-refractivity contribution in [1.82, 2.24) is 4.90 Å². The van der Waals surface area contributed by atoms with Crippen LogP contribution in [0.3, 0.4) is 0 Å². The van der Waals surface area contributed by atoms with Gasteiger partial charge in [-0.1, -0.05) is 6.07 Å². The molecule has 1 aliphatic rings. The highest BCUT2D eigenvalue weighted by atomic mass is 16.5. The lowest BCUT2D eigenvalue weighted by Crippen LogP contribution is -2.33. The molecule has 0 radical (unpaired) electrons. The highest BCUT2D eigenvalue weighted by Gasteiger charge is 2.26. The summed E-state index contributed by atoms with van der Waals surface area (Å²) in [7, 11) is 1.58. The Morgan fingerprint density at radius 2 is 2.29 bits per heavy atom. The summed E-state index contributed by atoms with van der Waals surface area (Å²) in [4.78, 5) is 24.5. The molecule has 0 bridgehead atoms. The Morgan fingerprint density at radius 1 is 1.48 bits per heavy atom. The molecule has 0 aromatic heterocycles. The maximum Gasteiger partial charge on any atom is 0.321 e. The molecule has 6 heteroatoms. The van der Waals surface area contributed by atoms with Crippen LogP contribution in [-0.2, 0) is 4.79 Å². The summed E-state index contributed by atoms with van der Waals surface area (Å²) in [5.41, 5.74) is 0.688. The average molecular weight is 292 g/mol. The highest BCUT2D eigenvalue weighted by molar-refractivity contribution is 5.89. The van der Waals surface area contributed by atoms with Gasteiger partial charge in [-0.2, -0.15) is 0 Å². The number of hydrogen-bond donors (Lipinski definition) is 2. The molecule has 21 heavy (non-hydrogen) atoms. The van der Waals surface area contributed by atoms with Crippen LogP contribution in [0.1, 0.15) is 19.3 Å². The van der Waals surface area contributed by atoms with E-state index in [1.165, 1.54) is 0 Å². The number of carbonyl (C=O) groups is 2. The molecule has 1 aromatic rings. The second kappa shape index (κ2) is 6.97. The Balaban J connectivity index is 1.85. The molecule has 1 saturated heterocycles. The third-order valence-corrected chi connectivity index (χ3v) is 3.66. The summed E-state index contributed by atoms with van der Waals surface area (Å²) in [5, 5.41) is 11.5. The predicted octanol–water partition coefficient (Wildman–Crippen LogP) is 2.41. The Hall–Kier alpha value is -2.24. The third-order valence-electron chi connectivity index (χ3n) is 3.66. The molecule has 114 valence electrons. The number of carboxylic acid groups (broad SMARTS) is 1. The summed E-state index contributed by atoms with van der Waals surface area (Å²) in [6.45, 7) is 1.28. The largest absolute Gasteiger partial charge is 0.497 e. The van der Waals surface area contributed by atoms with Gasteiger partial charge in [0.25, 0.3) is 0 Å². The van der Waals surface area contributed by atoms with Crippen LogP contribution < -0.4 is 10.1 Å².